The Kier molecular flexibility index (Phi) is 5.15. The van der Waals surface area contributed by atoms with Gasteiger partial charge in [0.1, 0.15) is 5.82 Å². The van der Waals surface area contributed by atoms with Gasteiger partial charge < -0.3 is 10.2 Å². The molecule has 1 rings (SSSR count). The van der Waals surface area contributed by atoms with Crippen LogP contribution in [0.1, 0.15) is 16.8 Å². The van der Waals surface area contributed by atoms with Crippen LogP contribution in [-0.2, 0) is 4.79 Å². The lowest BCUT2D eigenvalue weighted by molar-refractivity contribution is -0.128. The highest BCUT2D eigenvalue weighted by Crippen LogP contribution is 2.13. The molecule has 0 aromatic heterocycles. The Balaban J connectivity index is 2.56. The smallest absolute Gasteiger partial charge is 0.254 e. The van der Waals surface area contributed by atoms with E-state index in [0.29, 0.717) is 4.90 Å². The largest absolute Gasteiger partial charge is 0.351 e. The first kappa shape index (κ1) is 14.5. The molecule has 98 valence electrons. The van der Waals surface area contributed by atoms with Gasteiger partial charge >= 0.3 is 0 Å². The molecule has 18 heavy (non-hydrogen) atoms. The van der Waals surface area contributed by atoms with Gasteiger partial charge in [0.25, 0.3) is 5.91 Å². The van der Waals surface area contributed by atoms with Crippen molar-refractivity contribution in [3.63, 3.8) is 0 Å². The number of rotatable bonds is 4. The van der Waals surface area contributed by atoms with Gasteiger partial charge in [-0.15, -0.1) is 12.6 Å². The van der Waals surface area contributed by atoms with Gasteiger partial charge in [-0.1, -0.05) is 0 Å². The van der Waals surface area contributed by atoms with Crippen LogP contribution in [0.4, 0.5) is 4.39 Å². The number of nitrogens with zero attached hydrogens (tertiary/aromatic N) is 1. The van der Waals surface area contributed by atoms with Crippen LogP contribution < -0.4 is 5.32 Å². The minimum atomic E-state index is -0.607. The van der Waals surface area contributed by atoms with E-state index in [9.17, 15) is 14.0 Å². The minimum Gasteiger partial charge on any atom is -0.351 e. The number of hydrogen-bond donors (Lipinski definition) is 2. The van der Waals surface area contributed by atoms with E-state index >= 15 is 0 Å². The number of thiol groups is 1. The van der Waals surface area contributed by atoms with E-state index in [4.69, 9.17) is 0 Å². The molecule has 0 spiro atoms. The Hall–Kier alpha value is -1.56. The summed E-state index contributed by atoms with van der Waals surface area (Å²) in [6.07, 6.45) is 0.181. The molecule has 6 heteroatoms. The summed E-state index contributed by atoms with van der Waals surface area (Å²) in [5.41, 5.74) is -0.0696. The minimum absolute atomic E-state index is 0.0696. The van der Waals surface area contributed by atoms with Gasteiger partial charge in [0, 0.05) is 32.0 Å². The molecule has 2 amide bonds. The van der Waals surface area contributed by atoms with Crippen LogP contribution in [0.25, 0.3) is 0 Å². The molecule has 0 aliphatic heterocycles. The number of amides is 2. The standard InChI is InChI=1S/C12H15FN2O2S/c1-15(2)11(16)5-6-14-12(17)9-7-8(18)3-4-10(9)13/h3-4,7,18H,5-6H2,1-2H3,(H,14,17). The Morgan fingerprint density at radius 2 is 2.06 bits per heavy atom. The van der Waals surface area contributed by atoms with Crippen molar-refractivity contribution < 1.29 is 14.0 Å². The molecule has 0 saturated heterocycles. The topological polar surface area (TPSA) is 49.4 Å². The van der Waals surface area contributed by atoms with Crippen LogP contribution in [0, 0.1) is 5.82 Å². The fourth-order valence-corrected chi connectivity index (χ4v) is 1.49. The third kappa shape index (κ3) is 4.03. The van der Waals surface area contributed by atoms with Crippen LogP contribution in [0.3, 0.4) is 0 Å². The molecule has 0 aliphatic carbocycles. The second-order valence-electron chi connectivity index (χ2n) is 3.96. The Bertz CT molecular complexity index is 463. The van der Waals surface area contributed by atoms with Gasteiger partial charge in [-0.25, -0.2) is 4.39 Å². The first-order valence-electron chi connectivity index (χ1n) is 5.38. The average Bonchev–Trinajstić information content (AvgIpc) is 2.31. The summed E-state index contributed by atoms with van der Waals surface area (Å²) in [6.45, 7) is 0.173. The summed E-state index contributed by atoms with van der Waals surface area (Å²) >= 11 is 4.04. The first-order valence-corrected chi connectivity index (χ1v) is 5.83. The van der Waals surface area contributed by atoms with Gasteiger partial charge in [0.05, 0.1) is 5.56 Å². The molecule has 0 bridgehead atoms. The lowest BCUT2D eigenvalue weighted by Gasteiger charge is -2.10. The second kappa shape index (κ2) is 6.39. The fraction of sp³-hybridized carbons (Fsp3) is 0.333. The van der Waals surface area contributed by atoms with Crippen molar-refractivity contribution in [2.45, 2.75) is 11.3 Å². The molecule has 0 aliphatic rings. The van der Waals surface area contributed by atoms with Gasteiger partial charge in [0.15, 0.2) is 0 Å². The van der Waals surface area contributed by atoms with E-state index in [1.807, 2.05) is 0 Å². The molecular formula is C12H15FN2O2S. The second-order valence-corrected chi connectivity index (χ2v) is 4.47. The quantitative estimate of drug-likeness (QED) is 0.811. The maximum absolute atomic E-state index is 13.4. The molecule has 0 radical (unpaired) electrons. The van der Waals surface area contributed by atoms with Gasteiger partial charge in [-0.2, -0.15) is 0 Å². The lowest BCUT2D eigenvalue weighted by atomic mass is 10.2. The van der Waals surface area contributed by atoms with E-state index in [0.717, 1.165) is 0 Å². The predicted octanol–water partition coefficient (Wildman–Crippen LogP) is 1.32. The molecular weight excluding hydrogens is 255 g/mol. The molecule has 1 aromatic carbocycles. The highest BCUT2D eigenvalue weighted by Gasteiger charge is 2.12. The summed E-state index contributed by atoms with van der Waals surface area (Å²) in [7, 11) is 3.27. The van der Waals surface area contributed by atoms with Gasteiger partial charge in [-0.05, 0) is 18.2 Å². The van der Waals surface area contributed by atoms with Crippen molar-refractivity contribution >= 4 is 24.4 Å². The molecule has 1 N–H and O–H groups in total. The highest BCUT2D eigenvalue weighted by molar-refractivity contribution is 7.80. The third-order valence-electron chi connectivity index (χ3n) is 2.32. The molecule has 0 atom stereocenters. The van der Waals surface area contributed by atoms with Crippen LogP contribution in [-0.4, -0.2) is 37.4 Å². The van der Waals surface area contributed by atoms with Crippen molar-refractivity contribution in [1.29, 1.82) is 0 Å². The normalized spacial score (nSPS) is 10.0. The molecule has 0 heterocycles. The Labute approximate surface area is 111 Å². The zero-order valence-corrected chi connectivity index (χ0v) is 11.1. The number of nitrogens with one attached hydrogen (secondary N) is 1. The molecule has 0 unspecified atom stereocenters. The van der Waals surface area contributed by atoms with Gasteiger partial charge in [-0.3, -0.25) is 9.59 Å². The zero-order chi connectivity index (χ0) is 13.7. The average molecular weight is 270 g/mol. The van der Waals surface area contributed by atoms with Crippen LogP contribution in [0.5, 0.6) is 0 Å². The number of benzene rings is 1. The maximum Gasteiger partial charge on any atom is 0.254 e. The fourth-order valence-electron chi connectivity index (χ4n) is 1.29. The van der Waals surface area contributed by atoms with E-state index in [1.165, 1.54) is 23.1 Å². The van der Waals surface area contributed by atoms with Crippen molar-refractivity contribution in [1.82, 2.24) is 10.2 Å². The Morgan fingerprint density at radius 3 is 2.67 bits per heavy atom. The molecule has 4 nitrogen and oxygen atoms in total. The van der Waals surface area contributed by atoms with Crippen LogP contribution in [0.2, 0.25) is 0 Å². The van der Waals surface area contributed by atoms with Crippen molar-refractivity contribution in [2.24, 2.45) is 0 Å². The third-order valence-corrected chi connectivity index (χ3v) is 2.60. The monoisotopic (exact) mass is 270 g/mol. The first-order chi connectivity index (χ1) is 8.41. The summed E-state index contributed by atoms with van der Waals surface area (Å²) in [5, 5.41) is 2.49. The highest BCUT2D eigenvalue weighted by atomic mass is 32.1. The molecule has 0 saturated carbocycles. The zero-order valence-electron chi connectivity index (χ0n) is 10.2. The number of halogens is 1. The van der Waals surface area contributed by atoms with E-state index in [2.05, 4.69) is 17.9 Å². The van der Waals surface area contributed by atoms with Crippen molar-refractivity contribution in [3.8, 4) is 0 Å². The van der Waals surface area contributed by atoms with E-state index in [1.54, 1.807) is 14.1 Å². The number of carbonyl (C=O) groups excluding carboxylic acids is 2. The van der Waals surface area contributed by atoms with Gasteiger partial charge in [0.2, 0.25) is 5.91 Å². The summed E-state index contributed by atoms with van der Waals surface area (Å²) in [5.74, 6) is -1.25. The van der Waals surface area contributed by atoms with Crippen molar-refractivity contribution in [3.05, 3.63) is 29.6 Å². The predicted molar refractivity (Wildman–Crippen MR) is 69.3 cm³/mol. The molecule has 0 fully saturated rings. The maximum atomic E-state index is 13.4. The van der Waals surface area contributed by atoms with Crippen LogP contribution in [0.15, 0.2) is 23.1 Å². The lowest BCUT2D eigenvalue weighted by Crippen LogP contribution is -2.30. The van der Waals surface area contributed by atoms with E-state index in [-0.39, 0.29) is 24.4 Å². The summed E-state index contributed by atoms with van der Waals surface area (Å²) in [6, 6.07) is 3.99. The molecule has 1 aromatic rings. The van der Waals surface area contributed by atoms with Crippen LogP contribution >= 0.6 is 12.6 Å². The number of carbonyl (C=O) groups is 2. The summed E-state index contributed by atoms with van der Waals surface area (Å²) < 4.78 is 13.4. The van der Waals surface area contributed by atoms with E-state index < -0.39 is 11.7 Å². The number of hydrogen-bond acceptors (Lipinski definition) is 3. The Morgan fingerprint density at radius 1 is 1.39 bits per heavy atom. The summed E-state index contributed by atoms with van der Waals surface area (Å²) in [4.78, 5) is 24.9. The van der Waals surface area contributed by atoms with Crippen molar-refractivity contribution in [2.75, 3.05) is 20.6 Å². The SMILES string of the molecule is CN(C)C(=O)CCNC(=O)c1cc(S)ccc1F.